The van der Waals surface area contributed by atoms with E-state index >= 15 is 0 Å². The van der Waals surface area contributed by atoms with Crippen LogP contribution in [0.25, 0.3) is 5.69 Å². The summed E-state index contributed by atoms with van der Waals surface area (Å²) in [5.74, 6) is 0.324. The summed E-state index contributed by atoms with van der Waals surface area (Å²) in [6.45, 7) is 6.77. The number of ether oxygens (including phenoxy) is 1. The molecule has 9 nitrogen and oxygen atoms in total. The minimum absolute atomic E-state index is 0.0115. The molecule has 0 spiro atoms. The number of phenols is 1. The highest BCUT2D eigenvalue weighted by molar-refractivity contribution is 6.37. The third kappa shape index (κ3) is 4.20. The van der Waals surface area contributed by atoms with E-state index in [-0.39, 0.29) is 61.3 Å². The number of benzene rings is 2. The molecule has 0 saturated heterocycles. The summed E-state index contributed by atoms with van der Waals surface area (Å²) in [4.78, 5) is 38.7. The lowest BCUT2D eigenvalue weighted by Crippen LogP contribution is -2.46. The Kier molecular flexibility index (Phi) is 6.11. The number of nitrogens with zero attached hydrogens (tertiary/aromatic N) is 2. The molecule has 1 heterocycles. The Morgan fingerprint density at radius 2 is 1.89 bits per heavy atom. The highest BCUT2D eigenvalue weighted by atomic mass is 35.5. The van der Waals surface area contributed by atoms with Gasteiger partial charge in [0.05, 0.1) is 21.3 Å². The molecule has 37 heavy (non-hydrogen) atoms. The molecule has 1 amide bonds. The average molecular weight is 545 g/mol. The summed E-state index contributed by atoms with van der Waals surface area (Å²) in [6.07, 6.45) is 4.09. The number of nitrogens with one attached hydrogen (secondary N) is 2. The van der Waals surface area contributed by atoms with Crippen molar-refractivity contribution in [2.24, 2.45) is 16.7 Å². The van der Waals surface area contributed by atoms with E-state index < -0.39 is 11.2 Å². The van der Waals surface area contributed by atoms with E-state index in [1.54, 1.807) is 0 Å². The predicted molar refractivity (Wildman–Crippen MR) is 139 cm³/mol. The molecule has 0 radical (unpaired) electrons. The van der Waals surface area contributed by atoms with Gasteiger partial charge in [-0.3, -0.25) is 14.6 Å². The molecule has 2 saturated carbocycles. The quantitative estimate of drug-likeness (QED) is 0.428. The molecule has 3 atom stereocenters. The smallest absolute Gasteiger partial charge is 0.349 e. The Bertz CT molecular complexity index is 1510. The van der Waals surface area contributed by atoms with E-state index in [4.69, 9.17) is 27.9 Å². The molecule has 2 aromatic carbocycles. The molecule has 5 rings (SSSR count). The number of halogens is 2. The normalized spacial score (nSPS) is 23.7. The molecule has 2 bridgehead atoms. The molecular formula is C26H26Cl2N4O5. The summed E-state index contributed by atoms with van der Waals surface area (Å²) in [6, 6.07) is 7.11. The van der Waals surface area contributed by atoms with Crippen molar-refractivity contribution in [1.29, 1.82) is 0 Å². The maximum atomic E-state index is 13.2. The van der Waals surface area contributed by atoms with E-state index in [2.05, 4.69) is 36.2 Å². The number of carbonyl (C=O) groups is 1. The molecular weight excluding hydrogens is 519 g/mol. The highest BCUT2D eigenvalue weighted by Gasteiger charge is 2.61. The Morgan fingerprint density at radius 3 is 2.49 bits per heavy atom. The first-order valence-corrected chi connectivity index (χ1v) is 12.7. The van der Waals surface area contributed by atoms with Gasteiger partial charge in [-0.1, -0.05) is 44.0 Å². The topological polar surface area (TPSA) is 126 Å². The van der Waals surface area contributed by atoms with Crippen molar-refractivity contribution in [3.8, 4) is 22.9 Å². The maximum absolute atomic E-state index is 13.2. The number of aromatic nitrogens is 3. The largest absolute Gasteiger partial charge is 0.507 e. The number of aromatic amines is 1. The third-order valence-corrected chi connectivity index (χ3v) is 9.03. The lowest BCUT2D eigenvalue weighted by atomic mass is 9.69. The van der Waals surface area contributed by atoms with Crippen LogP contribution in [0.5, 0.6) is 17.2 Å². The van der Waals surface area contributed by atoms with Gasteiger partial charge >= 0.3 is 5.69 Å². The van der Waals surface area contributed by atoms with Crippen LogP contribution < -0.4 is 21.3 Å². The molecule has 1 aromatic heterocycles. The Balaban J connectivity index is 1.39. The van der Waals surface area contributed by atoms with Gasteiger partial charge in [0, 0.05) is 6.04 Å². The van der Waals surface area contributed by atoms with Gasteiger partial charge in [-0.15, -0.1) is 0 Å². The Hall–Kier alpha value is -3.30. The van der Waals surface area contributed by atoms with Crippen LogP contribution in [-0.2, 0) is 0 Å². The molecule has 3 unspecified atom stereocenters. The number of rotatable bonds is 5. The van der Waals surface area contributed by atoms with Crippen molar-refractivity contribution in [3.63, 3.8) is 0 Å². The minimum atomic E-state index is -0.754. The van der Waals surface area contributed by atoms with Crippen LogP contribution in [0.1, 0.15) is 50.4 Å². The van der Waals surface area contributed by atoms with Gasteiger partial charge < -0.3 is 15.2 Å². The van der Waals surface area contributed by atoms with Crippen molar-refractivity contribution in [2.45, 2.75) is 46.1 Å². The van der Waals surface area contributed by atoms with Crippen molar-refractivity contribution in [2.75, 3.05) is 0 Å². The van der Waals surface area contributed by atoms with Crippen molar-refractivity contribution < 1.29 is 14.6 Å². The first-order chi connectivity index (χ1) is 17.4. The van der Waals surface area contributed by atoms with Gasteiger partial charge in [-0.2, -0.15) is 9.78 Å². The fraction of sp³-hybridized carbons (Fsp3) is 0.385. The van der Waals surface area contributed by atoms with E-state index in [1.807, 2.05) is 0 Å². The van der Waals surface area contributed by atoms with Crippen LogP contribution in [0.15, 0.2) is 46.1 Å². The second-order valence-corrected chi connectivity index (χ2v) is 11.3. The number of hydrogen-bond donors (Lipinski definition) is 3. The molecule has 3 aromatic rings. The van der Waals surface area contributed by atoms with Crippen LogP contribution in [0, 0.1) is 16.7 Å². The average Bonchev–Trinajstić information content (AvgIpc) is 3.16. The number of fused-ring (bicyclic) bond motifs is 2. The van der Waals surface area contributed by atoms with Crippen LogP contribution in [0.4, 0.5) is 0 Å². The number of amides is 1. The number of phenolic OH excluding ortho intramolecular Hbond substituents is 1. The summed E-state index contributed by atoms with van der Waals surface area (Å²) >= 11 is 12.8. The monoisotopic (exact) mass is 544 g/mol. The van der Waals surface area contributed by atoms with Gasteiger partial charge in [0.2, 0.25) is 0 Å². The zero-order valence-corrected chi connectivity index (χ0v) is 22.0. The molecule has 11 heteroatoms. The molecule has 2 fully saturated rings. The molecule has 2 aliphatic carbocycles. The van der Waals surface area contributed by atoms with Crippen molar-refractivity contribution in [3.05, 3.63) is 73.0 Å². The van der Waals surface area contributed by atoms with E-state index in [1.165, 1.54) is 30.3 Å². The first-order valence-electron chi connectivity index (χ1n) is 11.9. The van der Waals surface area contributed by atoms with Crippen LogP contribution >= 0.6 is 23.2 Å². The number of aromatic hydroxyl groups is 1. The second-order valence-electron chi connectivity index (χ2n) is 10.5. The molecule has 3 N–H and O–H groups in total. The van der Waals surface area contributed by atoms with Crippen molar-refractivity contribution in [1.82, 2.24) is 20.1 Å². The summed E-state index contributed by atoms with van der Waals surface area (Å²) in [7, 11) is 0. The molecule has 2 aliphatic rings. The second kappa shape index (κ2) is 8.92. The van der Waals surface area contributed by atoms with E-state index in [9.17, 15) is 19.5 Å². The number of carbonyl (C=O) groups excluding carboxylic acids is 1. The predicted octanol–water partition coefficient (Wildman–Crippen LogP) is 4.67. The lowest BCUT2D eigenvalue weighted by Gasteiger charge is -2.39. The van der Waals surface area contributed by atoms with Crippen LogP contribution in [-0.4, -0.2) is 31.8 Å². The van der Waals surface area contributed by atoms with Crippen molar-refractivity contribution >= 4 is 29.1 Å². The van der Waals surface area contributed by atoms with Gasteiger partial charge in [0.15, 0.2) is 5.75 Å². The summed E-state index contributed by atoms with van der Waals surface area (Å²) in [5.41, 5.74) is -0.972. The first kappa shape index (κ1) is 25.4. The van der Waals surface area contributed by atoms with Crippen LogP contribution in [0.3, 0.4) is 0 Å². The zero-order chi connectivity index (χ0) is 26.7. The summed E-state index contributed by atoms with van der Waals surface area (Å²) < 4.78 is 6.81. The standard InChI is InChI=1S/C26H26Cl2N4O5/c1-25(2)13-6-7-26(25,3)20(8-13)30-23(35)16-11-15(4-5-19(16)33)37-22-17(27)9-14(10-18(22)28)32-24(36)31-21(34)12-29-32/h4-5,9-13,20,33H,6-8H2,1-3H3,(H,30,35)(H,31,34,36). The zero-order valence-electron chi connectivity index (χ0n) is 20.5. The van der Waals surface area contributed by atoms with Crippen LogP contribution in [0.2, 0.25) is 10.0 Å². The Morgan fingerprint density at radius 1 is 1.19 bits per heavy atom. The highest BCUT2D eigenvalue weighted by Crippen LogP contribution is 2.65. The SMILES string of the molecule is CC1(C)C2CCC1(C)C(NC(=O)c1cc(Oc3c(Cl)cc(-n4ncc(=O)[nH]c4=O)cc3Cl)ccc1O)C2. The van der Waals surface area contributed by atoms with Gasteiger partial charge in [-0.05, 0) is 66.3 Å². The minimum Gasteiger partial charge on any atom is -0.507 e. The van der Waals surface area contributed by atoms with E-state index in [0.29, 0.717) is 5.92 Å². The number of hydrogen-bond acceptors (Lipinski definition) is 6. The third-order valence-electron chi connectivity index (χ3n) is 8.47. The van der Waals surface area contributed by atoms with E-state index in [0.717, 1.165) is 30.1 Å². The molecule has 0 aliphatic heterocycles. The maximum Gasteiger partial charge on any atom is 0.349 e. The van der Waals surface area contributed by atoms with Gasteiger partial charge in [0.1, 0.15) is 17.7 Å². The lowest BCUT2D eigenvalue weighted by molar-refractivity contribution is 0.0823. The molecule has 194 valence electrons. The Labute approximate surface area is 222 Å². The fourth-order valence-corrected chi connectivity index (χ4v) is 6.39. The summed E-state index contributed by atoms with van der Waals surface area (Å²) in [5, 5.41) is 17.5. The number of H-pyrrole nitrogens is 1. The van der Waals surface area contributed by atoms with Gasteiger partial charge in [0.25, 0.3) is 11.5 Å². The van der Waals surface area contributed by atoms with Gasteiger partial charge in [-0.25, -0.2) is 4.79 Å². The fourth-order valence-electron chi connectivity index (χ4n) is 5.84.